The molecule has 0 aliphatic rings. The molecule has 0 amide bonds. The van der Waals surface area contributed by atoms with Gasteiger partial charge in [-0.25, -0.2) is 14.6 Å². The lowest BCUT2D eigenvalue weighted by Crippen LogP contribution is -2.07. The molecule has 0 atom stereocenters. The molecule has 104 valence electrons. The normalized spacial score (nSPS) is 10.4. The van der Waals surface area contributed by atoms with Crippen molar-refractivity contribution in [3.63, 3.8) is 0 Å². The van der Waals surface area contributed by atoms with Crippen molar-refractivity contribution < 1.29 is 29.6 Å². The summed E-state index contributed by atoms with van der Waals surface area (Å²) in [6.45, 7) is -0.0887. The predicted octanol–water partition coefficient (Wildman–Crippen LogP) is 1.00. The van der Waals surface area contributed by atoms with E-state index in [2.05, 4.69) is 4.98 Å². The van der Waals surface area contributed by atoms with E-state index in [9.17, 15) is 9.59 Å². The molecule has 1 aromatic carbocycles. The number of aliphatic hydroxyl groups is 1. The maximum absolute atomic E-state index is 11.2. The van der Waals surface area contributed by atoms with Gasteiger partial charge in [0.2, 0.25) is 0 Å². The highest BCUT2D eigenvalue weighted by Gasteiger charge is 2.16. The van der Waals surface area contributed by atoms with E-state index in [1.54, 1.807) is 0 Å². The van der Waals surface area contributed by atoms with Crippen molar-refractivity contribution in [2.75, 3.05) is 13.2 Å². The highest BCUT2D eigenvalue weighted by atomic mass is 16.5. The van der Waals surface area contributed by atoms with Gasteiger partial charge in [0, 0.05) is 5.39 Å². The quantitative estimate of drug-likeness (QED) is 0.746. The molecule has 0 unspecified atom stereocenters. The number of ether oxygens (including phenoxy) is 1. The molecule has 0 saturated heterocycles. The monoisotopic (exact) mass is 277 g/mol. The fourth-order valence-electron chi connectivity index (χ4n) is 1.74. The number of hydrogen-bond acceptors (Lipinski definition) is 5. The summed E-state index contributed by atoms with van der Waals surface area (Å²) >= 11 is 0. The Kier molecular flexibility index (Phi) is 3.81. The van der Waals surface area contributed by atoms with Crippen LogP contribution in [0.25, 0.3) is 10.9 Å². The number of fused-ring (bicyclic) bond motifs is 1. The molecule has 3 N–H and O–H groups in total. The van der Waals surface area contributed by atoms with Gasteiger partial charge >= 0.3 is 11.9 Å². The van der Waals surface area contributed by atoms with Crippen molar-refractivity contribution in [1.29, 1.82) is 0 Å². The second-order valence-electron chi connectivity index (χ2n) is 3.92. The lowest BCUT2D eigenvalue weighted by Gasteiger charge is -2.08. The molecule has 0 aliphatic heterocycles. The van der Waals surface area contributed by atoms with Crippen LogP contribution in [0.2, 0.25) is 0 Å². The van der Waals surface area contributed by atoms with Crippen LogP contribution in [0, 0.1) is 0 Å². The Morgan fingerprint density at radius 2 is 1.90 bits per heavy atom. The molecule has 20 heavy (non-hydrogen) atoms. The van der Waals surface area contributed by atoms with E-state index < -0.39 is 11.9 Å². The number of rotatable bonds is 5. The number of aromatic nitrogens is 1. The lowest BCUT2D eigenvalue weighted by atomic mass is 10.1. The number of carboxylic acid groups (broad SMARTS) is 2. The second-order valence-corrected chi connectivity index (χ2v) is 3.92. The highest BCUT2D eigenvalue weighted by Crippen LogP contribution is 2.24. The zero-order valence-electron chi connectivity index (χ0n) is 10.2. The Hall–Kier alpha value is -2.67. The Bertz CT molecular complexity index is 682. The Labute approximate surface area is 113 Å². The molecule has 1 aromatic heterocycles. The maximum Gasteiger partial charge on any atom is 0.354 e. The van der Waals surface area contributed by atoms with E-state index in [0.29, 0.717) is 5.75 Å². The molecule has 0 aliphatic carbocycles. The van der Waals surface area contributed by atoms with Gasteiger partial charge < -0.3 is 20.1 Å². The summed E-state index contributed by atoms with van der Waals surface area (Å²) in [6.07, 6.45) is 0. The van der Waals surface area contributed by atoms with Gasteiger partial charge in [0.1, 0.15) is 18.1 Å². The van der Waals surface area contributed by atoms with E-state index >= 15 is 0 Å². The van der Waals surface area contributed by atoms with E-state index in [-0.39, 0.29) is 35.4 Å². The molecule has 7 nitrogen and oxygen atoms in total. The van der Waals surface area contributed by atoms with Gasteiger partial charge in [0.25, 0.3) is 0 Å². The number of carbonyl (C=O) groups is 2. The van der Waals surface area contributed by atoms with Crippen molar-refractivity contribution in [2.24, 2.45) is 0 Å². The summed E-state index contributed by atoms with van der Waals surface area (Å²) in [6, 6.07) is 5.46. The maximum atomic E-state index is 11.2. The van der Waals surface area contributed by atoms with Gasteiger partial charge in [-0.2, -0.15) is 0 Å². The van der Waals surface area contributed by atoms with Crippen molar-refractivity contribution >= 4 is 22.8 Å². The smallest absolute Gasteiger partial charge is 0.354 e. The third-order valence-electron chi connectivity index (χ3n) is 2.59. The molecule has 1 heterocycles. The average Bonchev–Trinajstić information content (AvgIpc) is 2.43. The first kappa shape index (κ1) is 13.8. The fraction of sp³-hybridized carbons (Fsp3) is 0.154. The van der Waals surface area contributed by atoms with Crippen LogP contribution in [0.5, 0.6) is 5.75 Å². The highest BCUT2D eigenvalue weighted by molar-refractivity contribution is 6.05. The van der Waals surface area contributed by atoms with E-state index in [4.69, 9.17) is 20.1 Å². The Morgan fingerprint density at radius 3 is 2.50 bits per heavy atom. The standard InChI is InChI=1S/C13H11NO6/c15-3-4-20-7-1-2-10-8(5-7)9(12(16)17)6-11(14-10)13(18)19/h1-2,5-6,15H,3-4H2,(H,16,17)(H,18,19). The molecule has 0 saturated carbocycles. The van der Waals surface area contributed by atoms with Crippen LogP contribution in [-0.2, 0) is 0 Å². The third-order valence-corrected chi connectivity index (χ3v) is 2.59. The largest absolute Gasteiger partial charge is 0.491 e. The van der Waals surface area contributed by atoms with Gasteiger partial charge in [-0.05, 0) is 24.3 Å². The van der Waals surface area contributed by atoms with Crippen LogP contribution in [0.3, 0.4) is 0 Å². The van der Waals surface area contributed by atoms with Crippen molar-refractivity contribution in [1.82, 2.24) is 4.98 Å². The third kappa shape index (κ3) is 2.67. The second kappa shape index (κ2) is 5.54. The van der Waals surface area contributed by atoms with Crippen LogP contribution < -0.4 is 4.74 Å². The molecule has 7 heteroatoms. The van der Waals surface area contributed by atoms with Crippen LogP contribution in [-0.4, -0.2) is 45.5 Å². The molecule has 2 aromatic rings. The van der Waals surface area contributed by atoms with Gasteiger partial charge in [0.15, 0.2) is 0 Å². The summed E-state index contributed by atoms with van der Waals surface area (Å²) in [4.78, 5) is 26.0. The first-order chi connectivity index (χ1) is 9.52. The first-order valence-electron chi connectivity index (χ1n) is 5.68. The summed E-state index contributed by atoms with van der Waals surface area (Å²) in [5, 5.41) is 27.0. The minimum Gasteiger partial charge on any atom is -0.491 e. The molecule has 0 fully saturated rings. The summed E-state index contributed by atoms with van der Waals surface area (Å²) in [7, 11) is 0. The zero-order chi connectivity index (χ0) is 14.7. The molecule has 0 bridgehead atoms. The SMILES string of the molecule is O=C(O)c1cc(C(=O)O)c2cc(OCCO)ccc2n1. The number of aliphatic hydroxyl groups excluding tert-OH is 1. The number of nitrogens with zero attached hydrogens (tertiary/aromatic N) is 1. The number of benzene rings is 1. The van der Waals surface area contributed by atoms with Crippen molar-refractivity contribution in [3.05, 3.63) is 35.5 Å². The Balaban J connectivity index is 2.61. The summed E-state index contributed by atoms with van der Waals surface area (Å²) in [5.41, 5.74) is -0.251. The minimum atomic E-state index is -1.30. The average molecular weight is 277 g/mol. The van der Waals surface area contributed by atoms with Crippen molar-refractivity contribution in [3.8, 4) is 5.75 Å². The van der Waals surface area contributed by atoms with Crippen LogP contribution in [0.4, 0.5) is 0 Å². The molecule has 0 radical (unpaired) electrons. The number of carboxylic acids is 2. The summed E-state index contributed by atoms with van der Waals surface area (Å²) < 4.78 is 5.19. The number of pyridine rings is 1. The van der Waals surface area contributed by atoms with Crippen molar-refractivity contribution in [2.45, 2.75) is 0 Å². The lowest BCUT2D eigenvalue weighted by molar-refractivity contribution is 0.0691. The minimum absolute atomic E-state index is 0.0779. The van der Waals surface area contributed by atoms with E-state index in [1.807, 2.05) is 0 Å². The number of aromatic carboxylic acids is 2. The molecule has 0 spiro atoms. The van der Waals surface area contributed by atoms with Gasteiger partial charge in [0.05, 0.1) is 17.7 Å². The number of hydrogen-bond donors (Lipinski definition) is 3. The predicted molar refractivity (Wildman–Crippen MR) is 68.2 cm³/mol. The van der Waals surface area contributed by atoms with Gasteiger partial charge in [-0.3, -0.25) is 0 Å². The van der Waals surface area contributed by atoms with E-state index in [1.165, 1.54) is 18.2 Å². The van der Waals surface area contributed by atoms with Crippen LogP contribution >= 0.6 is 0 Å². The molecule has 2 rings (SSSR count). The van der Waals surface area contributed by atoms with Gasteiger partial charge in [-0.15, -0.1) is 0 Å². The van der Waals surface area contributed by atoms with E-state index in [0.717, 1.165) is 6.07 Å². The van der Waals surface area contributed by atoms with Crippen LogP contribution in [0.1, 0.15) is 20.8 Å². The fourth-order valence-corrected chi connectivity index (χ4v) is 1.74. The topological polar surface area (TPSA) is 117 Å². The Morgan fingerprint density at radius 1 is 1.15 bits per heavy atom. The molecular formula is C13H11NO6. The summed E-state index contributed by atoms with van der Waals surface area (Å²) in [5.74, 6) is -2.17. The zero-order valence-corrected chi connectivity index (χ0v) is 10.2. The van der Waals surface area contributed by atoms with Crippen LogP contribution in [0.15, 0.2) is 24.3 Å². The first-order valence-corrected chi connectivity index (χ1v) is 5.68. The molecular weight excluding hydrogens is 266 g/mol. The van der Waals surface area contributed by atoms with Gasteiger partial charge in [-0.1, -0.05) is 0 Å².